The molecule has 0 fully saturated rings. The van der Waals surface area contributed by atoms with Gasteiger partial charge in [-0.3, -0.25) is 9.36 Å². The average Bonchev–Trinajstić information content (AvgIpc) is 3.08. The molecule has 4 aromatic rings. The lowest BCUT2D eigenvalue weighted by Gasteiger charge is -2.27. The fourth-order valence-corrected chi connectivity index (χ4v) is 4.03. The van der Waals surface area contributed by atoms with E-state index in [2.05, 4.69) is 48.7 Å². The minimum absolute atomic E-state index is 0.156. The fourth-order valence-electron chi connectivity index (χ4n) is 3.90. The summed E-state index contributed by atoms with van der Waals surface area (Å²) in [5, 5.41) is 9.45. The van der Waals surface area contributed by atoms with Crippen molar-refractivity contribution in [1.82, 2.24) is 24.7 Å². The molecule has 7 nitrogen and oxygen atoms in total. The van der Waals surface area contributed by atoms with Crippen LogP contribution in [0.5, 0.6) is 0 Å². The van der Waals surface area contributed by atoms with E-state index < -0.39 is 0 Å². The van der Waals surface area contributed by atoms with Gasteiger partial charge < -0.3 is 9.88 Å². The molecule has 0 amide bonds. The molecular weight excluding hydrogens is 400 g/mol. The first-order chi connectivity index (χ1) is 14.5. The van der Waals surface area contributed by atoms with Crippen LogP contribution in [0.2, 0.25) is 5.02 Å². The standard InChI is InChI=1S/C22H19ClN6O/c1-13-12-28(17-6-4-16(23)5-7-17)20-9-15(18-10-25-21(30)11-24-18)3-8-19(20)29-14(2)26-27-22(13)29/h3-11,13H,12H2,1-2H3,(H,25,30). The predicted octanol–water partition coefficient (Wildman–Crippen LogP) is 4.23. The molecule has 0 radical (unpaired) electrons. The van der Waals surface area contributed by atoms with Crippen molar-refractivity contribution in [2.45, 2.75) is 19.8 Å². The number of anilines is 2. The maximum atomic E-state index is 11.4. The molecule has 1 unspecified atom stereocenters. The maximum absolute atomic E-state index is 11.4. The van der Waals surface area contributed by atoms with Gasteiger partial charge in [0.25, 0.3) is 5.56 Å². The number of hydrogen-bond acceptors (Lipinski definition) is 5. The normalized spacial score (nSPS) is 15.4. The molecule has 150 valence electrons. The summed E-state index contributed by atoms with van der Waals surface area (Å²) in [5.41, 5.74) is 4.43. The van der Waals surface area contributed by atoms with E-state index >= 15 is 0 Å². The van der Waals surface area contributed by atoms with Gasteiger partial charge in [0.05, 0.1) is 23.3 Å². The zero-order chi connectivity index (χ0) is 20.8. The van der Waals surface area contributed by atoms with Crippen molar-refractivity contribution in [2.24, 2.45) is 0 Å². The Morgan fingerprint density at radius 1 is 1.10 bits per heavy atom. The molecule has 1 N–H and O–H groups in total. The monoisotopic (exact) mass is 418 g/mol. The second-order valence-electron chi connectivity index (χ2n) is 7.43. The molecule has 2 aromatic heterocycles. The Labute approximate surface area is 178 Å². The molecule has 0 aliphatic carbocycles. The molecule has 8 heteroatoms. The van der Waals surface area contributed by atoms with Crippen LogP contribution in [-0.2, 0) is 0 Å². The molecule has 1 atom stereocenters. The van der Waals surface area contributed by atoms with E-state index in [1.165, 1.54) is 6.20 Å². The Kier molecular flexibility index (Phi) is 4.40. The summed E-state index contributed by atoms with van der Waals surface area (Å²) in [5.74, 6) is 1.93. The van der Waals surface area contributed by atoms with Crippen LogP contribution in [0.4, 0.5) is 11.4 Å². The van der Waals surface area contributed by atoms with Crippen molar-refractivity contribution < 1.29 is 0 Å². The zero-order valence-electron chi connectivity index (χ0n) is 16.5. The second kappa shape index (κ2) is 7.11. The maximum Gasteiger partial charge on any atom is 0.266 e. The first-order valence-corrected chi connectivity index (χ1v) is 10.0. The van der Waals surface area contributed by atoms with Crippen LogP contribution in [0, 0.1) is 6.92 Å². The summed E-state index contributed by atoms with van der Waals surface area (Å²) < 4.78 is 2.11. The number of nitrogens with one attached hydrogen (secondary N) is 1. The molecule has 0 bridgehead atoms. The summed E-state index contributed by atoms with van der Waals surface area (Å²) in [4.78, 5) is 20.7. The van der Waals surface area contributed by atoms with Gasteiger partial charge in [-0.1, -0.05) is 24.6 Å². The second-order valence-corrected chi connectivity index (χ2v) is 7.87. The lowest BCUT2D eigenvalue weighted by molar-refractivity contribution is 0.696. The van der Waals surface area contributed by atoms with Crippen LogP contribution in [0.1, 0.15) is 24.5 Å². The van der Waals surface area contributed by atoms with Crippen molar-refractivity contribution >= 4 is 23.0 Å². The van der Waals surface area contributed by atoms with E-state index in [1.54, 1.807) is 6.20 Å². The Morgan fingerprint density at radius 2 is 1.90 bits per heavy atom. The molecule has 3 heterocycles. The van der Waals surface area contributed by atoms with E-state index in [4.69, 9.17) is 11.6 Å². The smallest absolute Gasteiger partial charge is 0.266 e. The van der Waals surface area contributed by atoms with Crippen molar-refractivity contribution in [3.05, 3.63) is 81.9 Å². The number of halogens is 1. The van der Waals surface area contributed by atoms with Crippen LogP contribution in [0.15, 0.2) is 59.7 Å². The summed E-state index contributed by atoms with van der Waals surface area (Å²) in [6, 6.07) is 14.0. The lowest BCUT2D eigenvalue weighted by Crippen LogP contribution is -2.22. The number of benzene rings is 2. The third-order valence-corrected chi connectivity index (χ3v) is 5.61. The van der Waals surface area contributed by atoms with E-state index in [-0.39, 0.29) is 11.5 Å². The predicted molar refractivity (Wildman–Crippen MR) is 117 cm³/mol. The molecule has 0 spiro atoms. The number of H-pyrrole nitrogens is 1. The van der Waals surface area contributed by atoms with E-state index in [9.17, 15) is 4.79 Å². The third-order valence-electron chi connectivity index (χ3n) is 5.36. The molecule has 0 saturated heterocycles. The Morgan fingerprint density at radius 3 is 2.63 bits per heavy atom. The number of aromatic nitrogens is 5. The van der Waals surface area contributed by atoms with Crippen LogP contribution < -0.4 is 10.5 Å². The van der Waals surface area contributed by atoms with Crippen molar-refractivity contribution in [3.8, 4) is 16.9 Å². The van der Waals surface area contributed by atoms with Gasteiger partial charge in [0.2, 0.25) is 0 Å². The minimum Gasteiger partial charge on any atom is -0.339 e. The SMILES string of the molecule is Cc1nnc2n1-c1ccc(-c3c[nH]c(=O)cn3)cc1N(c1ccc(Cl)cc1)CC2C. The van der Waals surface area contributed by atoms with Gasteiger partial charge in [-0.25, -0.2) is 4.98 Å². The summed E-state index contributed by atoms with van der Waals surface area (Å²) in [7, 11) is 0. The van der Waals surface area contributed by atoms with E-state index in [0.29, 0.717) is 10.7 Å². The van der Waals surface area contributed by atoms with Gasteiger partial charge >= 0.3 is 0 Å². The first-order valence-electron chi connectivity index (χ1n) is 9.66. The molecule has 2 aromatic carbocycles. The van der Waals surface area contributed by atoms with E-state index in [0.717, 1.165) is 40.8 Å². The van der Waals surface area contributed by atoms with Crippen molar-refractivity contribution in [2.75, 3.05) is 11.4 Å². The summed E-state index contributed by atoms with van der Waals surface area (Å²) in [6.45, 7) is 4.84. The molecule has 0 saturated carbocycles. The quantitative estimate of drug-likeness (QED) is 0.526. The largest absolute Gasteiger partial charge is 0.339 e. The lowest BCUT2D eigenvalue weighted by atomic mass is 10.1. The van der Waals surface area contributed by atoms with Gasteiger partial charge in [-0.2, -0.15) is 0 Å². The number of aryl methyl sites for hydroxylation is 1. The highest BCUT2D eigenvalue weighted by molar-refractivity contribution is 6.30. The Balaban J connectivity index is 1.74. The zero-order valence-corrected chi connectivity index (χ0v) is 17.3. The number of fused-ring (bicyclic) bond motifs is 3. The van der Waals surface area contributed by atoms with Gasteiger partial charge in [0.1, 0.15) is 11.6 Å². The summed E-state index contributed by atoms with van der Waals surface area (Å²) in [6.07, 6.45) is 2.92. The van der Waals surface area contributed by atoms with Crippen molar-refractivity contribution in [1.29, 1.82) is 0 Å². The molecule has 1 aliphatic heterocycles. The minimum atomic E-state index is -0.227. The number of nitrogens with zero attached hydrogens (tertiary/aromatic N) is 5. The fraction of sp³-hybridized carbons (Fsp3) is 0.182. The highest BCUT2D eigenvalue weighted by atomic mass is 35.5. The Hall–Kier alpha value is -3.45. The third kappa shape index (κ3) is 3.07. The highest BCUT2D eigenvalue weighted by Crippen LogP contribution is 2.40. The van der Waals surface area contributed by atoms with Crippen LogP contribution >= 0.6 is 11.6 Å². The number of hydrogen-bond donors (Lipinski definition) is 1. The van der Waals surface area contributed by atoms with Gasteiger partial charge in [0.15, 0.2) is 0 Å². The average molecular weight is 419 g/mol. The summed E-state index contributed by atoms with van der Waals surface area (Å²) >= 11 is 6.13. The Bertz CT molecular complexity index is 1270. The number of aromatic amines is 1. The molecule has 30 heavy (non-hydrogen) atoms. The van der Waals surface area contributed by atoms with Gasteiger partial charge in [0, 0.05) is 34.9 Å². The van der Waals surface area contributed by atoms with Gasteiger partial charge in [-0.05, 0) is 43.3 Å². The first kappa shape index (κ1) is 18.6. The molecular formula is C22H19ClN6O. The topological polar surface area (TPSA) is 79.7 Å². The highest BCUT2D eigenvalue weighted by Gasteiger charge is 2.28. The van der Waals surface area contributed by atoms with Crippen LogP contribution in [0.25, 0.3) is 16.9 Å². The number of rotatable bonds is 2. The molecule has 1 aliphatic rings. The molecule has 5 rings (SSSR count). The van der Waals surface area contributed by atoms with E-state index in [1.807, 2.05) is 37.3 Å². The van der Waals surface area contributed by atoms with Crippen LogP contribution in [-0.4, -0.2) is 31.3 Å². The van der Waals surface area contributed by atoms with Crippen molar-refractivity contribution in [3.63, 3.8) is 0 Å². The van der Waals surface area contributed by atoms with Gasteiger partial charge in [-0.15, -0.1) is 10.2 Å². The van der Waals surface area contributed by atoms with Crippen LogP contribution in [0.3, 0.4) is 0 Å².